The number of carbonyl (C=O) groups is 1. The number of benzene rings is 2. The molecule has 1 unspecified atom stereocenters. The third kappa shape index (κ3) is 5.99. The third-order valence-electron chi connectivity index (χ3n) is 4.08. The van der Waals surface area contributed by atoms with Crippen LogP contribution in [0.2, 0.25) is 0 Å². The number of amides is 1. The van der Waals surface area contributed by atoms with Gasteiger partial charge in [0.25, 0.3) is 0 Å². The van der Waals surface area contributed by atoms with E-state index in [4.69, 9.17) is 0 Å². The molecule has 2 aromatic carbocycles. The predicted molar refractivity (Wildman–Crippen MR) is 107 cm³/mol. The summed E-state index contributed by atoms with van der Waals surface area (Å²) in [5, 5.41) is 2.93. The van der Waals surface area contributed by atoms with Gasteiger partial charge in [-0.3, -0.25) is 4.79 Å². The summed E-state index contributed by atoms with van der Waals surface area (Å²) in [6.07, 6.45) is 6.37. The number of aromatic nitrogens is 2. The van der Waals surface area contributed by atoms with Crippen LogP contribution in [-0.4, -0.2) is 21.0 Å². The zero-order valence-corrected chi connectivity index (χ0v) is 16.2. The van der Waals surface area contributed by atoms with Gasteiger partial charge in [0, 0.05) is 30.4 Å². The van der Waals surface area contributed by atoms with Gasteiger partial charge < -0.3 is 9.88 Å². The van der Waals surface area contributed by atoms with Gasteiger partial charge in [-0.25, -0.2) is 4.98 Å². The molecule has 0 fully saturated rings. The van der Waals surface area contributed by atoms with Gasteiger partial charge in [0.2, 0.25) is 5.91 Å². The van der Waals surface area contributed by atoms with Crippen molar-refractivity contribution in [1.82, 2.24) is 14.9 Å². The Morgan fingerprint density at radius 1 is 1.14 bits per heavy atom. The molecule has 0 spiro atoms. The summed E-state index contributed by atoms with van der Waals surface area (Å²) < 4.78 is 39.0. The molecule has 0 radical (unpaired) electrons. The Morgan fingerprint density at radius 3 is 2.41 bits per heavy atom. The Kier molecular flexibility index (Phi) is 6.43. The smallest absolute Gasteiger partial charge is 0.339 e. The van der Waals surface area contributed by atoms with Crippen molar-refractivity contribution in [3.8, 4) is 0 Å². The molecule has 0 saturated carbocycles. The fraction of sp³-hybridized carbons (Fsp3) is 0.143. The fourth-order valence-electron chi connectivity index (χ4n) is 2.74. The van der Waals surface area contributed by atoms with Gasteiger partial charge >= 0.3 is 5.51 Å². The Morgan fingerprint density at radius 2 is 1.83 bits per heavy atom. The highest BCUT2D eigenvalue weighted by molar-refractivity contribution is 8.00. The Hall–Kier alpha value is -3.00. The van der Waals surface area contributed by atoms with Crippen LogP contribution in [0.3, 0.4) is 0 Å². The first-order chi connectivity index (χ1) is 13.8. The molecular weight excluding hydrogens is 399 g/mol. The number of halogens is 3. The van der Waals surface area contributed by atoms with Crippen LogP contribution < -0.4 is 5.32 Å². The maximum Gasteiger partial charge on any atom is 0.446 e. The zero-order valence-electron chi connectivity index (χ0n) is 15.4. The van der Waals surface area contributed by atoms with Gasteiger partial charge in [-0.2, -0.15) is 13.2 Å². The second kappa shape index (κ2) is 9.00. The molecule has 1 N–H and O–H groups in total. The van der Waals surface area contributed by atoms with E-state index in [2.05, 4.69) is 10.3 Å². The Balaban J connectivity index is 1.71. The minimum absolute atomic E-state index is 0.0954. The van der Waals surface area contributed by atoms with Crippen molar-refractivity contribution >= 4 is 23.7 Å². The minimum Gasteiger partial charge on any atom is -0.339 e. The van der Waals surface area contributed by atoms with Crippen molar-refractivity contribution in [2.45, 2.75) is 16.4 Å². The van der Waals surface area contributed by atoms with E-state index in [9.17, 15) is 18.0 Å². The van der Waals surface area contributed by atoms with E-state index < -0.39 is 11.6 Å². The van der Waals surface area contributed by atoms with Crippen molar-refractivity contribution in [2.75, 3.05) is 0 Å². The average Bonchev–Trinajstić information content (AvgIpc) is 3.11. The van der Waals surface area contributed by atoms with Crippen molar-refractivity contribution in [3.63, 3.8) is 0 Å². The standard InChI is InChI=1S/C21H18F3N3OS/c1-27-14-13-25-20(27)19(16-5-3-2-4-6-16)26-18(28)12-9-15-7-10-17(11-8-15)29-21(22,23)24/h2-14,19H,1H3,(H,26,28)/b12-9+. The molecule has 0 bridgehead atoms. The highest BCUT2D eigenvalue weighted by atomic mass is 32.2. The molecule has 8 heteroatoms. The molecule has 4 nitrogen and oxygen atoms in total. The van der Waals surface area contributed by atoms with Crippen molar-refractivity contribution in [3.05, 3.63) is 90.0 Å². The highest BCUT2D eigenvalue weighted by Crippen LogP contribution is 2.36. The summed E-state index contributed by atoms with van der Waals surface area (Å²) in [5.41, 5.74) is -2.81. The number of nitrogens with one attached hydrogen (secondary N) is 1. The van der Waals surface area contributed by atoms with E-state index in [1.807, 2.05) is 41.9 Å². The molecule has 0 aliphatic rings. The second-order valence-electron chi connectivity index (χ2n) is 6.20. The number of rotatable bonds is 6. The summed E-state index contributed by atoms with van der Waals surface area (Å²) in [7, 11) is 1.85. The molecule has 0 aliphatic heterocycles. The summed E-state index contributed by atoms with van der Waals surface area (Å²) in [4.78, 5) is 16.9. The predicted octanol–water partition coefficient (Wildman–Crippen LogP) is 4.95. The van der Waals surface area contributed by atoms with Crippen LogP contribution in [-0.2, 0) is 11.8 Å². The summed E-state index contributed by atoms with van der Waals surface area (Å²) in [6, 6.07) is 14.8. The molecule has 0 aliphatic carbocycles. The first kappa shape index (κ1) is 20.7. The van der Waals surface area contributed by atoms with Crippen LogP contribution in [0.4, 0.5) is 13.2 Å². The number of imidazole rings is 1. The van der Waals surface area contributed by atoms with Crippen LogP contribution in [0.5, 0.6) is 0 Å². The second-order valence-corrected chi connectivity index (χ2v) is 7.34. The molecule has 0 saturated heterocycles. The average molecular weight is 417 g/mol. The topological polar surface area (TPSA) is 46.9 Å². The van der Waals surface area contributed by atoms with Gasteiger partial charge in [-0.05, 0) is 41.1 Å². The summed E-state index contributed by atoms with van der Waals surface area (Å²) in [5.74, 6) is 0.349. The van der Waals surface area contributed by atoms with Gasteiger partial charge in [0.05, 0.1) is 0 Å². The number of thioether (sulfide) groups is 1. The van der Waals surface area contributed by atoms with Crippen LogP contribution in [0.25, 0.3) is 6.08 Å². The number of alkyl halides is 3. The van der Waals surface area contributed by atoms with Crippen molar-refractivity contribution in [2.24, 2.45) is 7.05 Å². The molecule has 1 amide bonds. The molecular formula is C21H18F3N3OS. The SMILES string of the molecule is Cn1ccnc1C(NC(=O)/C=C/c1ccc(SC(F)(F)F)cc1)c1ccccc1. The summed E-state index contributed by atoms with van der Waals surface area (Å²) in [6.45, 7) is 0. The van der Waals surface area contributed by atoms with Gasteiger partial charge in [-0.1, -0.05) is 42.5 Å². The first-order valence-electron chi connectivity index (χ1n) is 8.68. The maximum absolute atomic E-state index is 12.5. The molecule has 3 rings (SSSR count). The van der Waals surface area contributed by atoms with Gasteiger partial charge in [0.15, 0.2) is 0 Å². The van der Waals surface area contributed by atoms with Gasteiger partial charge in [0.1, 0.15) is 11.9 Å². The lowest BCUT2D eigenvalue weighted by molar-refractivity contribution is -0.117. The lowest BCUT2D eigenvalue weighted by Crippen LogP contribution is -2.29. The third-order valence-corrected chi connectivity index (χ3v) is 4.82. The van der Waals surface area contributed by atoms with E-state index in [0.717, 1.165) is 5.56 Å². The lowest BCUT2D eigenvalue weighted by Gasteiger charge is -2.18. The minimum atomic E-state index is -4.32. The van der Waals surface area contributed by atoms with E-state index in [1.54, 1.807) is 18.5 Å². The quantitative estimate of drug-likeness (QED) is 0.456. The number of carbonyl (C=O) groups excluding carboxylic acids is 1. The summed E-state index contributed by atoms with van der Waals surface area (Å²) >= 11 is -0.173. The monoisotopic (exact) mass is 417 g/mol. The van der Waals surface area contributed by atoms with Crippen LogP contribution in [0, 0.1) is 0 Å². The molecule has 1 atom stereocenters. The first-order valence-corrected chi connectivity index (χ1v) is 9.50. The molecule has 29 heavy (non-hydrogen) atoms. The molecule has 1 aromatic heterocycles. The van der Waals surface area contributed by atoms with Crippen LogP contribution in [0.1, 0.15) is 23.0 Å². The van der Waals surface area contributed by atoms with Crippen molar-refractivity contribution < 1.29 is 18.0 Å². The fourth-order valence-corrected chi connectivity index (χ4v) is 3.28. The molecule has 150 valence electrons. The van der Waals surface area contributed by atoms with E-state index in [-0.39, 0.29) is 22.6 Å². The normalized spacial score (nSPS) is 12.8. The molecule has 3 aromatic rings. The van der Waals surface area contributed by atoms with Crippen LogP contribution in [0.15, 0.2) is 78.0 Å². The zero-order chi connectivity index (χ0) is 20.9. The number of nitrogens with zero attached hydrogens (tertiary/aromatic N) is 2. The van der Waals surface area contributed by atoms with Gasteiger partial charge in [-0.15, -0.1) is 0 Å². The number of aryl methyl sites for hydroxylation is 1. The molecule has 1 heterocycles. The Labute approximate surface area is 170 Å². The number of hydrogen-bond donors (Lipinski definition) is 1. The lowest BCUT2D eigenvalue weighted by atomic mass is 10.1. The van der Waals surface area contributed by atoms with E-state index >= 15 is 0 Å². The maximum atomic E-state index is 12.5. The largest absolute Gasteiger partial charge is 0.446 e. The number of hydrogen-bond acceptors (Lipinski definition) is 3. The Bertz CT molecular complexity index is 982. The highest BCUT2D eigenvalue weighted by Gasteiger charge is 2.29. The van der Waals surface area contributed by atoms with Crippen molar-refractivity contribution in [1.29, 1.82) is 0 Å². The van der Waals surface area contributed by atoms with E-state index in [0.29, 0.717) is 11.4 Å². The van der Waals surface area contributed by atoms with E-state index in [1.165, 1.54) is 30.3 Å². The van der Waals surface area contributed by atoms with Crippen LogP contribution >= 0.6 is 11.8 Å².